The number of hydrogen-bond donors (Lipinski definition) is 0. The first-order valence-electron chi connectivity index (χ1n) is 9.26. The number of hydrogen-bond acceptors (Lipinski definition) is 6. The monoisotopic (exact) mass is 436 g/mol. The van der Waals surface area contributed by atoms with E-state index < -0.39 is 11.6 Å². The lowest BCUT2D eigenvalue weighted by Gasteiger charge is -2.09. The maximum absolute atomic E-state index is 12.6. The molecule has 0 aliphatic rings. The number of methoxy groups -OCH3 is 2. The van der Waals surface area contributed by atoms with Crippen molar-refractivity contribution in [3.8, 4) is 28.4 Å². The van der Waals surface area contributed by atoms with Gasteiger partial charge < -0.3 is 18.6 Å². The second kappa shape index (κ2) is 8.53. The zero-order valence-electron chi connectivity index (χ0n) is 16.7. The highest BCUT2D eigenvalue weighted by Gasteiger charge is 2.14. The molecular weight excluding hydrogens is 420 g/mol. The van der Waals surface area contributed by atoms with E-state index in [0.717, 1.165) is 0 Å². The minimum atomic E-state index is -0.600. The highest BCUT2D eigenvalue weighted by molar-refractivity contribution is 6.30. The van der Waals surface area contributed by atoms with E-state index in [0.29, 0.717) is 38.6 Å². The summed E-state index contributed by atoms with van der Waals surface area (Å²) in [5.41, 5.74) is 1.17. The maximum Gasteiger partial charge on any atom is 0.344 e. The molecule has 6 nitrogen and oxygen atoms in total. The molecule has 31 heavy (non-hydrogen) atoms. The van der Waals surface area contributed by atoms with Crippen LogP contribution in [0.4, 0.5) is 0 Å². The Morgan fingerprint density at radius 2 is 1.52 bits per heavy atom. The van der Waals surface area contributed by atoms with E-state index in [-0.39, 0.29) is 11.3 Å². The molecule has 1 aromatic heterocycles. The predicted molar refractivity (Wildman–Crippen MR) is 117 cm³/mol. The second-order valence-electron chi connectivity index (χ2n) is 6.64. The molecular formula is C24H17ClO6. The van der Waals surface area contributed by atoms with E-state index in [2.05, 4.69) is 0 Å². The summed E-state index contributed by atoms with van der Waals surface area (Å²) in [5, 5.41) is 1.27. The molecule has 7 heteroatoms. The van der Waals surface area contributed by atoms with Gasteiger partial charge in [0.15, 0.2) is 0 Å². The van der Waals surface area contributed by atoms with Crippen LogP contribution in [0.2, 0.25) is 5.02 Å². The lowest BCUT2D eigenvalue weighted by Crippen LogP contribution is -2.09. The van der Waals surface area contributed by atoms with Crippen LogP contribution in [0.3, 0.4) is 0 Å². The number of halogens is 1. The van der Waals surface area contributed by atoms with Crippen molar-refractivity contribution in [3.63, 3.8) is 0 Å². The third-order valence-electron chi connectivity index (χ3n) is 4.66. The topological polar surface area (TPSA) is 75.0 Å². The average molecular weight is 437 g/mol. The number of rotatable bonds is 5. The van der Waals surface area contributed by atoms with Crippen LogP contribution < -0.4 is 19.8 Å². The Kier molecular flexibility index (Phi) is 5.64. The lowest BCUT2D eigenvalue weighted by molar-refractivity contribution is 0.0734. The van der Waals surface area contributed by atoms with Crippen LogP contribution in [0.1, 0.15) is 10.4 Å². The van der Waals surface area contributed by atoms with E-state index in [1.807, 2.05) is 0 Å². The standard InChI is InChI=1S/C24H17ClO6/c1-28-19-9-16(10-20(12-19)29-2)23(26)30-18-8-5-15-11-21(24(27)31-22(15)13-18)14-3-6-17(25)7-4-14/h3-13H,1-2H3. The van der Waals surface area contributed by atoms with Gasteiger partial charge in [-0.2, -0.15) is 0 Å². The minimum absolute atomic E-state index is 0.238. The van der Waals surface area contributed by atoms with Crippen LogP contribution >= 0.6 is 11.6 Å². The Morgan fingerprint density at radius 3 is 2.16 bits per heavy atom. The highest BCUT2D eigenvalue weighted by Crippen LogP contribution is 2.27. The number of esters is 1. The fourth-order valence-corrected chi connectivity index (χ4v) is 3.20. The van der Waals surface area contributed by atoms with Crippen LogP contribution in [-0.4, -0.2) is 20.2 Å². The number of fused-ring (bicyclic) bond motifs is 1. The minimum Gasteiger partial charge on any atom is -0.497 e. The van der Waals surface area contributed by atoms with Crippen molar-refractivity contribution in [2.45, 2.75) is 0 Å². The summed E-state index contributed by atoms with van der Waals surface area (Å²) >= 11 is 5.91. The molecule has 0 amide bonds. The molecule has 0 N–H and O–H groups in total. The maximum atomic E-state index is 12.6. The largest absolute Gasteiger partial charge is 0.497 e. The third kappa shape index (κ3) is 4.39. The summed E-state index contributed by atoms with van der Waals surface area (Å²) < 4.78 is 21.3. The first-order chi connectivity index (χ1) is 15.0. The predicted octanol–water partition coefficient (Wildman–Crippen LogP) is 5.35. The molecule has 0 atom stereocenters. The molecule has 156 valence electrons. The Hall–Kier alpha value is -3.77. The van der Waals surface area contributed by atoms with Gasteiger partial charge in [-0.25, -0.2) is 9.59 Å². The van der Waals surface area contributed by atoms with E-state index in [9.17, 15) is 9.59 Å². The molecule has 0 aliphatic carbocycles. The van der Waals surface area contributed by atoms with E-state index in [1.165, 1.54) is 20.3 Å². The Labute approximate surface area is 182 Å². The number of ether oxygens (including phenoxy) is 3. The zero-order chi connectivity index (χ0) is 22.0. The number of benzene rings is 3. The molecule has 4 rings (SSSR count). The van der Waals surface area contributed by atoms with Crippen LogP contribution in [0, 0.1) is 0 Å². The van der Waals surface area contributed by atoms with E-state index in [1.54, 1.807) is 60.7 Å². The van der Waals surface area contributed by atoms with Gasteiger partial charge in [0.1, 0.15) is 22.8 Å². The first-order valence-corrected chi connectivity index (χ1v) is 9.64. The SMILES string of the molecule is COc1cc(OC)cc(C(=O)Oc2ccc3cc(-c4ccc(Cl)cc4)c(=O)oc3c2)c1. The van der Waals surface area contributed by atoms with Crippen molar-refractivity contribution < 1.29 is 23.4 Å². The van der Waals surface area contributed by atoms with Crippen LogP contribution in [0.25, 0.3) is 22.1 Å². The summed E-state index contributed by atoms with van der Waals surface area (Å²) in [7, 11) is 2.99. The van der Waals surface area contributed by atoms with Crippen LogP contribution in [-0.2, 0) is 0 Å². The summed E-state index contributed by atoms with van der Waals surface area (Å²) in [6.07, 6.45) is 0. The summed E-state index contributed by atoms with van der Waals surface area (Å²) in [4.78, 5) is 25.1. The summed E-state index contributed by atoms with van der Waals surface area (Å²) in [5.74, 6) is 0.564. The van der Waals surface area contributed by atoms with Crippen molar-refractivity contribution in [1.29, 1.82) is 0 Å². The Bertz CT molecular complexity index is 1300. The van der Waals surface area contributed by atoms with Gasteiger partial charge in [0.25, 0.3) is 0 Å². The molecule has 3 aromatic carbocycles. The molecule has 0 saturated carbocycles. The van der Waals surface area contributed by atoms with Gasteiger partial charge >= 0.3 is 11.6 Å². The first kappa shape index (κ1) is 20.5. The average Bonchev–Trinajstić information content (AvgIpc) is 2.78. The van der Waals surface area contributed by atoms with Gasteiger partial charge in [0.2, 0.25) is 0 Å². The fourth-order valence-electron chi connectivity index (χ4n) is 3.08. The van der Waals surface area contributed by atoms with Crippen LogP contribution in [0.15, 0.2) is 75.9 Å². The highest BCUT2D eigenvalue weighted by atomic mass is 35.5. The molecule has 0 unspecified atom stereocenters. The quantitative estimate of drug-likeness (QED) is 0.238. The third-order valence-corrected chi connectivity index (χ3v) is 4.91. The molecule has 0 saturated heterocycles. The number of carbonyl (C=O) groups is 1. The van der Waals surface area contributed by atoms with Gasteiger partial charge in [-0.15, -0.1) is 0 Å². The van der Waals surface area contributed by atoms with Crippen molar-refractivity contribution in [3.05, 3.63) is 87.7 Å². The van der Waals surface area contributed by atoms with Gasteiger partial charge in [0.05, 0.1) is 25.3 Å². The number of carbonyl (C=O) groups excluding carboxylic acids is 1. The van der Waals surface area contributed by atoms with Crippen molar-refractivity contribution in [2.24, 2.45) is 0 Å². The van der Waals surface area contributed by atoms with E-state index >= 15 is 0 Å². The fraction of sp³-hybridized carbons (Fsp3) is 0.0833. The van der Waals surface area contributed by atoms with Gasteiger partial charge in [-0.3, -0.25) is 0 Å². The molecule has 0 spiro atoms. The molecule has 4 aromatic rings. The van der Waals surface area contributed by atoms with Crippen molar-refractivity contribution in [2.75, 3.05) is 14.2 Å². The Balaban J connectivity index is 1.64. The lowest BCUT2D eigenvalue weighted by atomic mass is 10.1. The van der Waals surface area contributed by atoms with Gasteiger partial charge in [-0.05, 0) is 48.0 Å². The van der Waals surface area contributed by atoms with Crippen LogP contribution in [0.5, 0.6) is 17.2 Å². The Morgan fingerprint density at radius 1 is 0.839 bits per heavy atom. The molecule has 1 heterocycles. The molecule has 0 aliphatic heterocycles. The zero-order valence-corrected chi connectivity index (χ0v) is 17.4. The van der Waals surface area contributed by atoms with E-state index in [4.69, 9.17) is 30.2 Å². The van der Waals surface area contributed by atoms with Gasteiger partial charge in [0, 0.05) is 22.5 Å². The summed E-state index contributed by atoms with van der Waals surface area (Å²) in [6.45, 7) is 0. The molecule has 0 radical (unpaired) electrons. The normalized spacial score (nSPS) is 10.7. The summed E-state index contributed by atoms with van der Waals surface area (Å²) in [6, 6.07) is 18.2. The smallest absolute Gasteiger partial charge is 0.344 e. The van der Waals surface area contributed by atoms with Gasteiger partial charge in [-0.1, -0.05) is 23.7 Å². The van der Waals surface area contributed by atoms with Crippen molar-refractivity contribution >= 4 is 28.5 Å². The molecule has 0 bridgehead atoms. The van der Waals surface area contributed by atoms with Crippen molar-refractivity contribution in [1.82, 2.24) is 0 Å². The second-order valence-corrected chi connectivity index (χ2v) is 7.08. The molecule has 0 fully saturated rings.